The Hall–Kier alpha value is -2.41. The Bertz CT molecular complexity index is 875. The molecule has 1 saturated heterocycles. The smallest absolute Gasteiger partial charge is 0.164 e. The molecule has 7 heteroatoms. The van der Waals surface area contributed by atoms with Crippen LogP contribution in [0.3, 0.4) is 0 Å². The van der Waals surface area contributed by atoms with Crippen LogP contribution in [0.15, 0.2) is 41.5 Å². The van der Waals surface area contributed by atoms with Crippen LogP contribution in [0.25, 0.3) is 0 Å². The molecule has 0 amide bonds. The lowest BCUT2D eigenvalue weighted by Gasteiger charge is -2.33. The van der Waals surface area contributed by atoms with Gasteiger partial charge in [0.15, 0.2) is 16.7 Å². The van der Waals surface area contributed by atoms with Crippen molar-refractivity contribution in [1.29, 1.82) is 0 Å². The summed E-state index contributed by atoms with van der Waals surface area (Å²) in [5, 5.41) is 1.09. The number of hydrogen-bond donors (Lipinski definition) is 0. The van der Waals surface area contributed by atoms with Gasteiger partial charge in [0.1, 0.15) is 11.8 Å². The fraction of sp³-hybridized carbons (Fsp3) is 0.429. The molecule has 1 aromatic heterocycles. The molecule has 28 heavy (non-hydrogen) atoms. The van der Waals surface area contributed by atoms with Crippen LogP contribution >= 0.6 is 11.8 Å². The number of methoxy groups -OCH3 is 3. The summed E-state index contributed by atoms with van der Waals surface area (Å²) in [6.45, 7) is 2.23. The van der Waals surface area contributed by atoms with Gasteiger partial charge in [0, 0.05) is 29.6 Å². The van der Waals surface area contributed by atoms with Crippen molar-refractivity contribution in [3.8, 4) is 17.2 Å². The third-order valence-corrected chi connectivity index (χ3v) is 6.51. The van der Waals surface area contributed by atoms with Crippen molar-refractivity contribution in [2.75, 3.05) is 27.1 Å². The molecule has 2 aliphatic heterocycles. The van der Waals surface area contributed by atoms with Gasteiger partial charge in [0.05, 0.1) is 33.1 Å². The van der Waals surface area contributed by atoms with E-state index < -0.39 is 0 Å². The van der Waals surface area contributed by atoms with Crippen molar-refractivity contribution in [2.45, 2.75) is 31.5 Å². The lowest BCUT2D eigenvalue weighted by atomic mass is 9.94. The van der Waals surface area contributed by atoms with Crippen molar-refractivity contribution in [2.24, 2.45) is 4.99 Å². The maximum Gasteiger partial charge on any atom is 0.164 e. The van der Waals surface area contributed by atoms with Crippen molar-refractivity contribution in [3.05, 3.63) is 47.8 Å². The maximum absolute atomic E-state index is 5.76. The molecule has 3 atom stereocenters. The number of nitrogens with zero attached hydrogens (tertiary/aromatic N) is 3. The molecule has 0 spiro atoms. The Morgan fingerprint density at radius 2 is 1.82 bits per heavy atom. The first-order valence-electron chi connectivity index (χ1n) is 9.41. The Morgan fingerprint density at radius 1 is 1.07 bits per heavy atom. The van der Waals surface area contributed by atoms with E-state index in [0.717, 1.165) is 34.3 Å². The van der Waals surface area contributed by atoms with Crippen molar-refractivity contribution < 1.29 is 14.2 Å². The largest absolute Gasteiger partial charge is 0.496 e. The van der Waals surface area contributed by atoms with E-state index in [1.807, 2.05) is 48.3 Å². The molecule has 0 aliphatic carbocycles. The second kappa shape index (κ2) is 7.91. The van der Waals surface area contributed by atoms with E-state index in [1.165, 1.54) is 0 Å². The van der Waals surface area contributed by atoms with Crippen LogP contribution in [0.1, 0.15) is 36.7 Å². The third-order valence-electron chi connectivity index (χ3n) is 5.38. The minimum atomic E-state index is -0.0925. The molecule has 4 rings (SSSR count). The molecular formula is C21H25N3O3S. The standard InChI is InChI=1S/C21H25N3O3S/c1-5-13-12-28-21-23-19(15-8-6-7-9-22-15)20(24(13)21)14-10-17(26-3)18(27-4)11-16(14)25-2/h6-11,13,19-20H,5,12H2,1-4H3/t13-,19-,20-/m1/s1. The third kappa shape index (κ3) is 3.07. The SMILES string of the molecule is CC[C@@H]1CSC2=N[C@H](c3ccccn3)[C@@H](c3cc(OC)c(OC)cc3OC)N21. The van der Waals surface area contributed by atoms with Gasteiger partial charge in [-0.3, -0.25) is 9.98 Å². The number of thioether (sulfide) groups is 1. The van der Waals surface area contributed by atoms with Crippen molar-refractivity contribution in [3.63, 3.8) is 0 Å². The Kier molecular flexibility index (Phi) is 5.35. The molecule has 1 fully saturated rings. The number of amidine groups is 1. The number of ether oxygens (including phenoxy) is 3. The Labute approximate surface area is 169 Å². The number of rotatable bonds is 6. The molecule has 0 saturated carbocycles. The van der Waals surface area contributed by atoms with Gasteiger partial charge in [-0.2, -0.15) is 0 Å². The zero-order valence-corrected chi connectivity index (χ0v) is 17.4. The van der Waals surface area contributed by atoms with E-state index in [0.29, 0.717) is 17.5 Å². The average molecular weight is 400 g/mol. The summed E-state index contributed by atoms with van der Waals surface area (Å²) in [5.74, 6) is 3.16. The van der Waals surface area contributed by atoms with Crippen molar-refractivity contribution in [1.82, 2.24) is 9.88 Å². The van der Waals surface area contributed by atoms with Gasteiger partial charge in [0.2, 0.25) is 0 Å². The fourth-order valence-corrected chi connectivity index (χ4v) is 5.31. The van der Waals surface area contributed by atoms with E-state index in [-0.39, 0.29) is 12.1 Å². The number of pyridine rings is 1. The van der Waals surface area contributed by atoms with Gasteiger partial charge < -0.3 is 19.1 Å². The van der Waals surface area contributed by atoms with Crippen LogP contribution in [0.4, 0.5) is 0 Å². The van der Waals surface area contributed by atoms with Crippen molar-refractivity contribution >= 4 is 16.9 Å². The normalized spacial score (nSPS) is 23.4. The lowest BCUT2D eigenvalue weighted by molar-refractivity contribution is 0.247. The summed E-state index contributed by atoms with van der Waals surface area (Å²) in [5.41, 5.74) is 2.00. The number of hydrogen-bond acceptors (Lipinski definition) is 7. The first-order chi connectivity index (χ1) is 13.7. The van der Waals surface area contributed by atoms with Gasteiger partial charge in [-0.15, -0.1) is 0 Å². The zero-order chi connectivity index (χ0) is 19.7. The molecule has 1 aromatic carbocycles. The van der Waals surface area contributed by atoms with Gasteiger partial charge in [0.25, 0.3) is 0 Å². The molecule has 0 bridgehead atoms. The topological polar surface area (TPSA) is 56.2 Å². The summed E-state index contributed by atoms with van der Waals surface area (Å²) >= 11 is 1.82. The van der Waals surface area contributed by atoms with Crippen LogP contribution in [0.2, 0.25) is 0 Å². The molecule has 0 radical (unpaired) electrons. The quantitative estimate of drug-likeness (QED) is 0.729. The summed E-state index contributed by atoms with van der Waals surface area (Å²) in [6, 6.07) is 10.2. The average Bonchev–Trinajstić information content (AvgIpc) is 3.32. The zero-order valence-electron chi connectivity index (χ0n) is 16.6. The van der Waals surface area contributed by atoms with Crippen LogP contribution < -0.4 is 14.2 Å². The second-order valence-corrected chi connectivity index (χ2v) is 7.77. The van der Waals surface area contributed by atoms with Gasteiger partial charge in [-0.05, 0) is 24.6 Å². The van der Waals surface area contributed by atoms with Crippen LogP contribution in [-0.2, 0) is 0 Å². The highest BCUT2D eigenvalue weighted by Gasteiger charge is 2.46. The summed E-state index contributed by atoms with van der Waals surface area (Å²) < 4.78 is 16.8. The molecule has 6 nitrogen and oxygen atoms in total. The maximum atomic E-state index is 5.76. The number of benzene rings is 1. The first kappa shape index (κ1) is 18.9. The second-order valence-electron chi connectivity index (χ2n) is 6.79. The molecular weight excluding hydrogens is 374 g/mol. The highest BCUT2D eigenvalue weighted by Crippen LogP contribution is 2.52. The van der Waals surface area contributed by atoms with Crippen LogP contribution in [0, 0.1) is 0 Å². The molecule has 148 valence electrons. The Balaban J connectivity index is 1.87. The first-order valence-corrected chi connectivity index (χ1v) is 10.4. The monoisotopic (exact) mass is 399 g/mol. The van der Waals surface area contributed by atoms with Crippen LogP contribution in [0.5, 0.6) is 17.2 Å². The molecule has 0 N–H and O–H groups in total. The van der Waals surface area contributed by atoms with E-state index in [4.69, 9.17) is 19.2 Å². The lowest BCUT2D eigenvalue weighted by Crippen LogP contribution is -2.35. The van der Waals surface area contributed by atoms with E-state index in [1.54, 1.807) is 21.3 Å². The van der Waals surface area contributed by atoms with Crippen LogP contribution in [-0.4, -0.2) is 48.2 Å². The number of fused-ring (bicyclic) bond motifs is 1. The minimum absolute atomic E-state index is 0.000365. The highest BCUT2D eigenvalue weighted by atomic mass is 32.2. The molecule has 2 aromatic rings. The fourth-order valence-electron chi connectivity index (χ4n) is 3.97. The van der Waals surface area contributed by atoms with E-state index in [2.05, 4.69) is 16.8 Å². The summed E-state index contributed by atoms with van der Waals surface area (Å²) in [4.78, 5) is 12.1. The summed E-state index contributed by atoms with van der Waals surface area (Å²) in [7, 11) is 4.98. The predicted octanol–water partition coefficient (Wildman–Crippen LogP) is 4.09. The van der Waals surface area contributed by atoms with Gasteiger partial charge in [-0.1, -0.05) is 24.8 Å². The molecule has 0 unspecified atom stereocenters. The highest BCUT2D eigenvalue weighted by molar-refractivity contribution is 8.14. The van der Waals surface area contributed by atoms with Gasteiger partial charge in [-0.25, -0.2) is 0 Å². The van der Waals surface area contributed by atoms with E-state index in [9.17, 15) is 0 Å². The minimum Gasteiger partial charge on any atom is -0.496 e. The number of aliphatic imine (C=N–C) groups is 1. The van der Waals surface area contributed by atoms with Gasteiger partial charge >= 0.3 is 0 Å². The molecule has 3 heterocycles. The predicted molar refractivity (Wildman–Crippen MR) is 112 cm³/mol. The molecule has 2 aliphatic rings. The Morgan fingerprint density at radius 3 is 2.46 bits per heavy atom. The number of aromatic nitrogens is 1. The summed E-state index contributed by atoms with van der Waals surface area (Å²) in [6.07, 6.45) is 2.89. The van der Waals surface area contributed by atoms with E-state index >= 15 is 0 Å².